The Morgan fingerprint density at radius 2 is 1.70 bits per heavy atom. The van der Waals surface area contributed by atoms with Gasteiger partial charge in [-0.25, -0.2) is 0 Å². The number of amides is 3. The Morgan fingerprint density at radius 3 is 2.37 bits per heavy atom. The van der Waals surface area contributed by atoms with E-state index in [1.165, 1.54) is 34.9 Å². The van der Waals surface area contributed by atoms with Crippen LogP contribution in [0.5, 0.6) is 11.5 Å². The highest BCUT2D eigenvalue weighted by atomic mass is 19.4. The number of nitrogens with zero attached hydrogens (tertiary/aromatic N) is 2. The van der Waals surface area contributed by atoms with Crippen molar-refractivity contribution >= 4 is 23.4 Å². The van der Waals surface area contributed by atoms with Crippen LogP contribution in [0.4, 0.5) is 32.0 Å². The van der Waals surface area contributed by atoms with E-state index in [0.717, 1.165) is 37.1 Å². The third-order valence-electron chi connectivity index (χ3n) is 8.20. The lowest BCUT2D eigenvalue weighted by atomic mass is 9.95. The van der Waals surface area contributed by atoms with Gasteiger partial charge in [0, 0.05) is 13.1 Å². The summed E-state index contributed by atoms with van der Waals surface area (Å²) in [5, 5.41) is 2.71. The van der Waals surface area contributed by atoms with Crippen molar-refractivity contribution < 1.29 is 50.2 Å². The van der Waals surface area contributed by atoms with E-state index in [0.29, 0.717) is 22.3 Å². The van der Waals surface area contributed by atoms with Crippen LogP contribution in [0.2, 0.25) is 0 Å². The number of rotatable bonds is 6. The van der Waals surface area contributed by atoms with Gasteiger partial charge in [-0.3, -0.25) is 14.4 Å². The third-order valence-corrected chi connectivity index (χ3v) is 8.20. The summed E-state index contributed by atoms with van der Waals surface area (Å²) in [5.74, 6) is -1.75. The molecular weight excluding hydrogens is 620 g/mol. The van der Waals surface area contributed by atoms with E-state index < -0.39 is 54.2 Å². The molecule has 1 unspecified atom stereocenters. The maximum Gasteiger partial charge on any atom is 0.573 e. The van der Waals surface area contributed by atoms with Crippen LogP contribution < -0.4 is 14.8 Å². The summed E-state index contributed by atoms with van der Waals surface area (Å²) >= 11 is 0. The van der Waals surface area contributed by atoms with Gasteiger partial charge < -0.3 is 24.6 Å². The molecule has 3 aromatic carbocycles. The van der Waals surface area contributed by atoms with Crippen LogP contribution in [0.1, 0.15) is 45.8 Å². The number of ether oxygens (including phenoxy) is 2. The molecule has 1 aliphatic carbocycles. The Labute approximate surface area is 258 Å². The van der Waals surface area contributed by atoms with E-state index in [9.17, 15) is 40.7 Å². The molecule has 0 aromatic heterocycles. The van der Waals surface area contributed by atoms with Gasteiger partial charge in [0.05, 0.1) is 23.4 Å². The van der Waals surface area contributed by atoms with Crippen LogP contribution in [-0.2, 0) is 15.8 Å². The Hall–Kier alpha value is -4.75. The molecule has 0 spiro atoms. The Balaban J connectivity index is 1.16. The van der Waals surface area contributed by atoms with Crippen molar-refractivity contribution in [3.63, 3.8) is 0 Å². The van der Waals surface area contributed by atoms with Crippen molar-refractivity contribution in [3.8, 4) is 22.6 Å². The lowest BCUT2D eigenvalue weighted by Gasteiger charge is -2.39. The van der Waals surface area contributed by atoms with Crippen LogP contribution in [0.3, 0.4) is 0 Å². The highest BCUT2D eigenvalue weighted by Gasteiger charge is 2.41. The highest BCUT2D eigenvalue weighted by molar-refractivity contribution is 6.10. The van der Waals surface area contributed by atoms with Crippen molar-refractivity contribution in [1.82, 2.24) is 9.80 Å². The molecule has 1 atom stereocenters. The summed E-state index contributed by atoms with van der Waals surface area (Å²) in [5.41, 5.74) is 1.16. The predicted octanol–water partition coefficient (Wildman–Crippen LogP) is 6.14. The fraction of sp³-hybridized carbons (Fsp3) is 0.344. The summed E-state index contributed by atoms with van der Waals surface area (Å²) in [6.07, 6.45) is -7.78. The molecule has 2 fully saturated rings. The molecule has 1 saturated carbocycles. The van der Waals surface area contributed by atoms with Gasteiger partial charge >= 0.3 is 12.5 Å². The fourth-order valence-electron chi connectivity index (χ4n) is 5.70. The second-order valence-corrected chi connectivity index (χ2v) is 11.5. The van der Waals surface area contributed by atoms with Gasteiger partial charge in [-0.1, -0.05) is 12.1 Å². The number of nitrogens with one attached hydrogen (secondary N) is 1. The lowest BCUT2D eigenvalue weighted by molar-refractivity contribution is -0.274. The van der Waals surface area contributed by atoms with Crippen LogP contribution in [0, 0.1) is 6.92 Å². The highest BCUT2D eigenvalue weighted by Crippen LogP contribution is 2.44. The van der Waals surface area contributed by atoms with Crippen LogP contribution in [0.15, 0.2) is 54.6 Å². The Bertz CT molecular complexity index is 1720. The number of hydrogen-bond acceptors (Lipinski definition) is 5. The Morgan fingerprint density at radius 1 is 0.935 bits per heavy atom. The molecule has 2 heterocycles. The second-order valence-electron chi connectivity index (χ2n) is 11.5. The topological polar surface area (TPSA) is 88.2 Å². The minimum atomic E-state index is -4.86. The first-order valence-corrected chi connectivity index (χ1v) is 14.4. The molecule has 3 amide bonds. The van der Waals surface area contributed by atoms with Gasteiger partial charge in [0.25, 0.3) is 11.8 Å². The molecular formula is C32H27F6N3O5. The fourth-order valence-corrected chi connectivity index (χ4v) is 5.70. The first-order chi connectivity index (χ1) is 21.7. The van der Waals surface area contributed by atoms with Crippen molar-refractivity contribution in [2.24, 2.45) is 0 Å². The van der Waals surface area contributed by atoms with Gasteiger partial charge in [0.15, 0.2) is 6.61 Å². The number of aryl methyl sites for hydroxylation is 1. The van der Waals surface area contributed by atoms with Crippen LogP contribution in [-0.4, -0.2) is 66.2 Å². The first-order valence-electron chi connectivity index (χ1n) is 14.4. The SMILES string of the molecule is Cc1cc(OC(F)(F)F)ccc1OCC(=O)N1CCN2C(=O)c3cc(-c4cc(C5CC5)cc(C(F)(F)F)c4)ccc3NC(=O)C2C1. The van der Waals surface area contributed by atoms with Crippen molar-refractivity contribution in [2.45, 2.75) is 44.3 Å². The van der Waals surface area contributed by atoms with Crippen LogP contribution >= 0.6 is 0 Å². The molecule has 2 aliphatic heterocycles. The van der Waals surface area contributed by atoms with E-state index in [1.54, 1.807) is 12.1 Å². The minimum absolute atomic E-state index is 0.00419. The summed E-state index contributed by atoms with van der Waals surface area (Å²) in [6, 6.07) is 10.8. The van der Waals surface area contributed by atoms with Gasteiger partial charge in [-0.05, 0) is 90.4 Å². The summed E-state index contributed by atoms with van der Waals surface area (Å²) in [6.45, 7) is 0.959. The van der Waals surface area contributed by atoms with E-state index in [-0.39, 0.29) is 42.6 Å². The zero-order chi connectivity index (χ0) is 33.0. The average molecular weight is 648 g/mol. The van der Waals surface area contributed by atoms with Crippen LogP contribution in [0.25, 0.3) is 11.1 Å². The standard InChI is InChI=1S/C32H27F6N3O5/c1-17-10-23(46-32(36,37)38)5-7-27(17)45-16-28(42)40-8-9-41-26(15-40)29(43)39-25-6-4-19(14-24(25)30(41)44)21-11-20(18-2-3-18)12-22(13-21)31(33,34)35/h4-7,10-14,18,26H,2-3,8-9,15-16H2,1H3,(H,39,43). The number of halogens is 6. The maximum atomic E-state index is 13.7. The number of carbonyl (C=O) groups excluding carboxylic acids is 3. The molecule has 242 valence electrons. The lowest BCUT2D eigenvalue weighted by Crippen LogP contribution is -2.60. The minimum Gasteiger partial charge on any atom is -0.483 e. The van der Waals surface area contributed by atoms with Gasteiger partial charge in [-0.15, -0.1) is 13.2 Å². The van der Waals surface area contributed by atoms with Gasteiger partial charge in [0.2, 0.25) is 5.91 Å². The normalized spacial score (nSPS) is 18.4. The summed E-state index contributed by atoms with van der Waals surface area (Å²) in [7, 11) is 0. The zero-order valence-corrected chi connectivity index (χ0v) is 24.3. The predicted molar refractivity (Wildman–Crippen MR) is 152 cm³/mol. The molecule has 0 radical (unpaired) electrons. The molecule has 46 heavy (non-hydrogen) atoms. The first kappa shape index (κ1) is 31.2. The van der Waals surface area contributed by atoms with E-state index >= 15 is 0 Å². The van der Waals surface area contributed by atoms with E-state index in [1.807, 2.05) is 0 Å². The average Bonchev–Trinajstić information content (AvgIpc) is 3.85. The quantitative estimate of drug-likeness (QED) is 0.325. The number of fused-ring (bicyclic) bond motifs is 2. The summed E-state index contributed by atoms with van der Waals surface area (Å²) in [4.78, 5) is 42.6. The molecule has 3 aromatic rings. The monoisotopic (exact) mass is 647 g/mol. The Kier molecular flexibility index (Phi) is 7.85. The second kappa shape index (κ2) is 11.6. The van der Waals surface area contributed by atoms with E-state index in [2.05, 4.69) is 10.1 Å². The number of alkyl halides is 6. The van der Waals surface area contributed by atoms with Crippen molar-refractivity contribution in [2.75, 3.05) is 31.6 Å². The number of benzene rings is 3. The maximum absolute atomic E-state index is 13.7. The molecule has 0 bridgehead atoms. The zero-order valence-electron chi connectivity index (χ0n) is 24.3. The van der Waals surface area contributed by atoms with Crippen molar-refractivity contribution in [1.29, 1.82) is 0 Å². The molecule has 8 nitrogen and oxygen atoms in total. The smallest absolute Gasteiger partial charge is 0.483 e. The number of hydrogen-bond donors (Lipinski definition) is 1. The molecule has 3 aliphatic rings. The van der Waals surface area contributed by atoms with Crippen molar-refractivity contribution in [3.05, 3.63) is 76.9 Å². The number of piperazine rings is 1. The molecule has 6 rings (SSSR count). The number of anilines is 1. The van der Waals surface area contributed by atoms with Gasteiger partial charge in [0.1, 0.15) is 17.5 Å². The largest absolute Gasteiger partial charge is 0.573 e. The molecule has 1 saturated heterocycles. The summed E-state index contributed by atoms with van der Waals surface area (Å²) < 4.78 is 87.9. The van der Waals surface area contributed by atoms with Gasteiger partial charge in [-0.2, -0.15) is 13.2 Å². The third kappa shape index (κ3) is 6.60. The molecule has 1 N–H and O–H groups in total. The van der Waals surface area contributed by atoms with E-state index in [4.69, 9.17) is 4.74 Å². The number of carbonyl (C=O) groups is 3. The molecule has 14 heteroatoms.